The lowest BCUT2D eigenvalue weighted by molar-refractivity contribution is -0.424. The maximum absolute atomic E-state index is 13.9. The van der Waals surface area contributed by atoms with Gasteiger partial charge in [-0.05, 0) is 0 Å². The summed E-state index contributed by atoms with van der Waals surface area (Å²) in [6.07, 6.45) is -7.45. The normalized spacial score (nSPS) is 14.7. The van der Waals surface area contributed by atoms with Gasteiger partial charge < -0.3 is 0 Å². The minimum atomic E-state index is -7.85. The van der Waals surface area contributed by atoms with Crippen LogP contribution in [0.25, 0.3) is 10.9 Å². The third kappa shape index (κ3) is 2.72. The highest BCUT2D eigenvalue weighted by Gasteiger charge is 2.87. The molecule has 0 fully saturated rings. The Morgan fingerprint density at radius 1 is 0.552 bits per heavy atom. The van der Waals surface area contributed by atoms with Gasteiger partial charge in [-0.25, -0.2) is 17.6 Å². The molecule has 164 valence electrons. The SMILES string of the molecule is Fc1c(F)c(F)c2c(C(F)(F)C(F)(F)C(F)(F)C(F)(F)C(F)(F)F)[nH]nc2c1F. The predicted octanol–water partition coefficient (Wildman–Crippen LogP) is 5.68. The topological polar surface area (TPSA) is 28.7 Å². The van der Waals surface area contributed by atoms with Crippen LogP contribution in [0, 0.1) is 23.3 Å². The molecule has 2 nitrogen and oxygen atoms in total. The van der Waals surface area contributed by atoms with Crippen molar-refractivity contribution in [2.45, 2.75) is 29.9 Å². The number of aromatic nitrogens is 2. The van der Waals surface area contributed by atoms with Gasteiger partial charge in [-0.15, -0.1) is 0 Å². The molecule has 17 heteroatoms. The first-order chi connectivity index (χ1) is 12.7. The molecule has 0 saturated heterocycles. The predicted molar refractivity (Wildman–Crippen MR) is 60.7 cm³/mol. The lowest BCUT2D eigenvalue weighted by Crippen LogP contribution is -2.65. The summed E-state index contributed by atoms with van der Waals surface area (Å²) in [7, 11) is 0. The molecule has 0 amide bonds. The van der Waals surface area contributed by atoms with Gasteiger partial charge in [-0.1, -0.05) is 0 Å². The first-order valence-corrected chi connectivity index (χ1v) is 6.53. The third-order valence-electron chi connectivity index (χ3n) is 3.62. The van der Waals surface area contributed by atoms with Crippen molar-refractivity contribution in [3.8, 4) is 0 Å². The number of hydrogen-bond acceptors (Lipinski definition) is 1. The summed E-state index contributed by atoms with van der Waals surface area (Å²) in [5.74, 6) is -41.1. The number of hydrogen-bond donors (Lipinski definition) is 1. The quantitative estimate of drug-likeness (QED) is 0.357. The van der Waals surface area contributed by atoms with E-state index in [0.717, 1.165) is 0 Å². The number of nitrogens with zero attached hydrogens (tertiary/aromatic N) is 1. The van der Waals surface area contributed by atoms with Crippen LogP contribution in [0.3, 0.4) is 0 Å². The smallest absolute Gasteiger partial charge is 0.275 e. The van der Waals surface area contributed by atoms with E-state index < -0.39 is 69.7 Å². The van der Waals surface area contributed by atoms with Gasteiger partial charge in [-0.3, -0.25) is 5.10 Å². The first-order valence-electron chi connectivity index (χ1n) is 6.53. The van der Waals surface area contributed by atoms with Crippen LogP contribution < -0.4 is 0 Å². The van der Waals surface area contributed by atoms with Crippen molar-refractivity contribution in [3.63, 3.8) is 0 Å². The van der Waals surface area contributed by atoms with E-state index in [-0.39, 0.29) is 0 Å². The number of aromatic amines is 1. The summed E-state index contributed by atoms with van der Waals surface area (Å²) in [6.45, 7) is 0. The van der Waals surface area contributed by atoms with E-state index in [1.807, 2.05) is 0 Å². The standard InChI is InChI=1S/C12HF15N2/c13-2-1-6(5(16)4(15)3(2)14)28-29-7(1)8(17,18)9(19,20)10(21,22)11(23,24)12(25,26)27/h(H,28,29). The van der Waals surface area contributed by atoms with Crippen LogP contribution in [0.5, 0.6) is 0 Å². The first kappa shape index (κ1) is 22.9. The fourth-order valence-electron chi connectivity index (χ4n) is 2.08. The molecule has 2 aromatic rings. The summed E-state index contributed by atoms with van der Waals surface area (Å²) in [4.78, 5) is 0. The Morgan fingerprint density at radius 2 is 1.00 bits per heavy atom. The second-order valence-corrected chi connectivity index (χ2v) is 5.37. The lowest BCUT2D eigenvalue weighted by Gasteiger charge is -2.36. The molecule has 0 radical (unpaired) electrons. The van der Waals surface area contributed by atoms with Gasteiger partial charge in [0.1, 0.15) is 11.2 Å². The summed E-state index contributed by atoms with van der Waals surface area (Å²) in [5, 5.41) is 0.526. The van der Waals surface area contributed by atoms with Crippen molar-refractivity contribution in [3.05, 3.63) is 29.0 Å². The average Bonchev–Trinajstić information content (AvgIpc) is 3.02. The van der Waals surface area contributed by atoms with E-state index in [0.29, 0.717) is 5.10 Å². The van der Waals surface area contributed by atoms with Gasteiger partial charge in [-0.2, -0.15) is 53.4 Å². The Balaban J connectivity index is 2.82. The van der Waals surface area contributed by atoms with Gasteiger partial charge in [0.25, 0.3) is 0 Å². The summed E-state index contributed by atoms with van der Waals surface area (Å²) in [6, 6.07) is 0. The number of rotatable bonds is 4. The Hall–Kier alpha value is -2.36. The minimum Gasteiger partial charge on any atom is -0.275 e. The van der Waals surface area contributed by atoms with Gasteiger partial charge in [0.2, 0.25) is 0 Å². The Bertz CT molecular complexity index is 955. The summed E-state index contributed by atoms with van der Waals surface area (Å²) >= 11 is 0. The maximum Gasteiger partial charge on any atom is 0.460 e. The van der Waals surface area contributed by atoms with Crippen LogP contribution in [-0.2, 0) is 5.92 Å². The van der Waals surface area contributed by atoms with Crippen LogP contribution in [0.15, 0.2) is 0 Å². The Labute approximate surface area is 147 Å². The molecule has 1 N–H and O–H groups in total. The Morgan fingerprint density at radius 3 is 1.45 bits per heavy atom. The van der Waals surface area contributed by atoms with Gasteiger partial charge in [0.15, 0.2) is 23.3 Å². The lowest BCUT2D eigenvalue weighted by atomic mass is 9.94. The fraction of sp³-hybridized carbons (Fsp3) is 0.417. The van der Waals surface area contributed by atoms with Crippen LogP contribution in [0.4, 0.5) is 65.9 Å². The molecule has 0 bridgehead atoms. The minimum absolute atomic E-state index is 0.606. The summed E-state index contributed by atoms with van der Waals surface area (Å²) < 4.78 is 196. The van der Waals surface area contributed by atoms with Crippen molar-refractivity contribution in [2.75, 3.05) is 0 Å². The number of H-pyrrole nitrogens is 1. The molecule has 0 aliphatic carbocycles. The van der Waals surface area contributed by atoms with Gasteiger partial charge >= 0.3 is 29.9 Å². The highest BCUT2D eigenvalue weighted by Crippen LogP contribution is 2.60. The van der Waals surface area contributed by atoms with Crippen molar-refractivity contribution in [2.24, 2.45) is 0 Å². The van der Waals surface area contributed by atoms with E-state index in [4.69, 9.17) is 0 Å². The second kappa shape index (κ2) is 6.07. The van der Waals surface area contributed by atoms with E-state index in [1.165, 1.54) is 0 Å². The molecule has 1 aromatic carbocycles. The largest absolute Gasteiger partial charge is 0.460 e. The zero-order valence-electron chi connectivity index (χ0n) is 12.6. The van der Waals surface area contributed by atoms with Crippen molar-refractivity contribution < 1.29 is 65.9 Å². The molecule has 0 spiro atoms. The van der Waals surface area contributed by atoms with Crippen LogP contribution in [0.2, 0.25) is 0 Å². The van der Waals surface area contributed by atoms with E-state index in [1.54, 1.807) is 0 Å². The van der Waals surface area contributed by atoms with Crippen molar-refractivity contribution in [1.29, 1.82) is 0 Å². The molecule has 29 heavy (non-hydrogen) atoms. The van der Waals surface area contributed by atoms with Crippen LogP contribution in [-0.4, -0.2) is 34.1 Å². The fourth-order valence-corrected chi connectivity index (χ4v) is 2.08. The van der Waals surface area contributed by atoms with Crippen molar-refractivity contribution >= 4 is 10.9 Å². The number of fused-ring (bicyclic) bond motifs is 1. The third-order valence-corrected chi connectivity index (χ3v) is 3.62. The van der Waals surface area contributed by atoms with Crippen LogP contribution >= 0.6 is 0 Å². The Kier molecular flexibility index (Phi) is 4.80. The average molecular weight is 458 g/mol. The molecule has 0 unspecified atom stereocenters. The molecule has 2 rings (SSSR count). The van der Waals surface area contributed by atoms with Crippen molar-refractivity contribution in [1.82, 2.24) is 10.2 Å². The second-order valence-electron chi connectivity index (χ2n) is 5.37. The zero-order chi connectivity index (χ0) is 23.0. The highest BCUT2D eigenvalue weighted by atomic mass is 19.4. The molecule has 0 aliphatic rings. The summed E-state index contributed by atoms with van der Waals surface area (Å²) in [5.41, 5.74) is -5.00. The van der Waals surface area contributed by atoms with E-state index in [2.05, 4.69) is 5.10 Å². The maximum atomic E-state index is 13.9. The molecule has 1 heterocycles. The number of benzene rings is 1. The van der Waals surface area contributed by atoms with E-state index in [9.17, 15) is 65.9 Å². The number of nitrogens with one attached hydrogen (secondary N) is 1. The zero-order valence-corrected chi connectivity index (χ0v) is 12.6. The van der Waals surface area contributed by atoms with E-state index >= 15 is 0 Å². The number of alkyl halides is 11. The molecule has 0 atom stereocenters. The molecule has 0 saturated carbocycles. The van der Waals surface area contributed by atoms with Crippen LogP contribution in [0.1, 0.15) is 5.69 Å². The van der Waals surface area contributed by atoms with Gasteiger partial charge in [0, 0.05) is 0 Å². The highest BCUT2D eigenvalue weighted by molar-refractivity contribution is 5.83. The molecule has 0 aliphatic heterocycles. The van der Waals surface area contributed by atoms with Gasteiger partial charge in [0.05, 0.1) is 5.39 Å². The number of halogens is 15. The molecular weight excluding hydrogens is 457 g/mol. The monoisotopic (exact) mass is 458 g/mol. The molecule has 1 aromatic heterocycles. The molecular formula is C12HF15N2.